The van der Waals surface area contributed by atoms with E-state index >= 15 is 0 Å². The van der Waals surface area contributed by atoms with Gasteiger partial charge in [-0.2, -0.15) is 0 Å². The molecule has 0 spiro atoms. The van der Waals surface area contributed by atoms with Gasteiger partial charge in [0, 0.05) is 23.0 Å². The average molecular weight is 285 g/mol. The van der Waals surface area contributed by atoms with E-state index in [0.717, 1.165) is 0 Å². The normalized spacial score (nSPS) is 13.9. The maximum atomic E-state index is 11.3. The number of nitrogens with zero attached hydrogens (tertiary/aromatic N) is 1. The molecule has 20 heavy (non-hydrogen) atoms. The van der Waals surface area contributed by atoms with Gasteiger partial charge in [0.05, 0.1) is 0 Å². The smallest absolute Gasteiger partial charge is 0.174 e. The molecule has 1 heterocycles. The Kier molecular flexibility index (Phi) is 3.30. The Morgan fingerprint density at radius 3 is 2.35 bits per heavy atom. The third-order valence-corrected chi connectivity index (χ3v) is 3.63. The van der Waals surface area contributed by atoms with Crippen molar-refractivity contribution in [2.75, 3.05) is 0 Å². The van der Waals surface area contributed by atoms with Gasteiger partial charge >= 0.3 is 0 Å². The van der Waals surface area contributed by atoms with E-state index in [4.69, 9.17) is 11.6 Å². The van der Waals surface area contributed by atoms with Crippen LogP contribution in [0.4, 0.5) is 0 Å². The SMILES string of the molecule is OC(c1ccccc1)(c1ncc[nH]1)c1ccccc1Cl. The van der Waals surface area contributed by atoms with Crippen molar-refractivity contribution in [1.29, 1.82) is 0 Å². The lowest BCUT2D eigenvalue weighted by Crippen LogP contribution is -2.30. The van der Waals surface area contributed by atoms with Crippen LogP contribution in [0.25, 0.3) is 0 Å². The molecule has 0 aliphatic carbocycles. The average Bonchev–Trinajstić information content (AvgIpc) is 3.03. The second kappa shape index (κ2) is 5.12. The summed E-state index contributed by atoms with van der Waals surface area (Å²) >= 11 is 6.27. The molecule has 0 saturated carbocycles. The van der Waals surface area contributed by atoms with Crippen molar-refractivity contribution in [2.45, 2.75) is 5.60 Å². The number of H-pyrrole nitrogens is 1. The molecule has 100 valence electrons. The predicted octanol–water partition coefficient (Wildman–Crippen LogP) is 3.35. The molecule has 1 atom stereocenters. The summed E-state index contributed by atoms with van der Waals surface area (Å²) in [5, 5.41) is 11.8. The maximum Gasteiger partial charge on any atom is 0.174 e. The number of halogens is 1. The number of aromatic nitrogens is 2. The lowest BCUT2D eigenvalue weighted by molar-refractivity contribution is 0.116. The highest BCUT2D eigenvalue weighted by atomic mass is 35.5. The van der Waals surface area contributed by atoms with E-state index < -0.39 is 5.60 Å². The zero-order chi connectivity index (χ0) is 14.0. The van der Waals surface area contributed by atoms with Gasteiger partial charge in [-0.25, -0.2) is 4.98 Å². The lowest BCUT2D eigenvalue weighted by Gasteiger charge is -2.28. The third kappa shape index (κ3) is 2.01. The molecule has 0 aliphatic heterocycles. The highest BCUT2D eigenvalue weighted by Crippen LogP contribution is 2.37. The molecule has 3 aromatic rings. The Bertz CT molecular complexity index is 698. The van der Waals surface area contributed by atoms with Gasteiger partial charge in [0.25, 0.3) is 0 Å². The molecular formula is C16H13ClN2O. The summed E-state index contributed by atoms with van der Waals surface area (Å²) in [6, 6.07) is 16.6. The minimum absolute atomic E-state index is 0.441. The van der Waals surface area contributed by atoms with E-state index in [0.29, 0.717) is 22.0 Å². The number of imidazole rings is 1. The molecule has 0 radical (unpaired) electrons. The molecule has 0 bridgehead atoms. The third-order valence-electron chi connectivity index (χ3n) is 3.30. The standard InChI is InChI=1S/C16H13ClN2O/c17-14-9-5-4-8-13(14)16(20,15-18-10-11-19-15)12-6-2-1-3-7-12/h1-11,20H,(H,18,19). The molecule has 0 saturated heterocycles. The van der Waals surface area contributed by atoms with Crippen molar-refractivity contribution < 1.29 is 5.11 Å². The first kappa shape index (κ1) is 12.9. The Labute approximate surface area is 121 Å². The fourth-order valence-corrected chi connectivity index (χ4v) is 2.59. The van der Waals surface area contributed by atoms with Crippen LogP contribution >= 0.6 is 11.6 Å². The topological polar surface area (TPSA) is 48.9 Å². The summed E-state index contributed by atoms with van der Waals surface area (Å²) in [7, 11) is 0. The summed E-state index contributed by atoms with van der Waals surface area (Å²) in [5.74, 6) is 0.441. The summed E-state index contributed by atoms with van der Waals surface area (Å²) in [6.07, 6.45) is 3.29. The Morgan fingerprint density at radius 2 is 1.70 bits per heavy atom. The van der Waals surface area contributed by atoms with Crippen molar-refractivity contribution in [3.63, 3.8) is 0 Å². The Hall–Kier alpha value is -2.10. The fraction of sp³-hybridized carbons (Fsp3) is 0.0625. The van der Waals surface area contributed by atoms with Crippen LogP contribution in [0.3, 0.4) is 0 Å². The molecule has 3 nitrogen and oxygen atoms in total. The van der Waals surface area contributed by atoms with Gasteiger partial charge in [-0.05, 0) is 11.6 Å². The number of benzene rings is 2. The molecule has 0 amide bonds. The predicted molar refractivity (Wildman–Crippen MR) is 78.6 cm³/mol. The molecular weight excluding hydrogens is 272 g/mol. The Balaban J connectivity index is 2.28. The molecule has 0 aliphatic rings. The van der Waals surface area contributed by atoms with E-state index in [1.54, 1.807) is 24.5 Å². The quantitative estimate of drug-likeness (QED) is 0.775. The first-order valence-corrected chi connectivity index (χ1v) is 6.63. The van der Waals surface area contributed by atoms with Crippen molar-refractivity contribution in [3.8, 4) is 0 Å². The number of nitrogens with one attached hydrogen (secondary N) is 1. The van der Waals surface area contributed by atoms with Crippen molar-refractivity contribution >= 4 is 11.6 Å². The number of rotatable bonds is 3. The molecule has 2 aromatic carbocycles. The van der Waals surface area contributed by atoms with Gasteiger partial charge in [0.1, 0.15) is 5.82 Å². The first-order chi connectivity index (χ1) is 9.73. The van der Waals surface area contributed by atoms with Gasteiger partial charge < -0.3 is 10.1 Å². The van der Waals surface area contributed by atoms with Crippen LogP contribution in [0.1, 0.15) is 17.0 Å². The van der Waals surface area contributed by atoms with Crippen LogP contribution in [-0.4, -0.2) is 15.1 Å². The zero-order valence-corrected chi connectivity index (χ0v) is 11.4. The number of aliphatic hydroxyl groups is 1. The van der Waals surface area contributed by atoms with Crippen LogP contribution < -0.4 is 0 Å². The molecule has 0 fully saturated rings. The van der Waals surface area contributed by atoms with Gasteiger partial charge in [-0.3, -0.25) is 0 Å². The summed E-state index contributed by atoms with van der Waals surface area (Å²) < 4.78 is 0. The van der Waals surface area contributed by atoms with Crippen molar-refractivity contribution in [1.82, 2.24) is 9.97 Å². The van der Waals surface area contributed by atoms with E-state index in [2.05, 4.69) is 9.97 Å². The minimum atomic E-state index is -1.40. The number of hydrogen-bond donors (Lipinski definition) is 2. The molecule has 3 rings (SSSR count). The molecule has 1 unspecified atom stereocenters. The molecule has 2 N–H and O–H groups in total. The minimum Gasteiger partial charge on any atom is -0.373 e. The van der Waals surface area contributed by atoms with Crippen LogP contribution in [0.15, 0.2) is 67.0 Å². The van der Waals surface area contributed by atoms with Crippen LogP contribution in [0, 0.1) is 0 Å². The van der Waals surface area contributed by atoms with Gasteiger partial charge in [0.2, 0.25) is 0 Å². The largest absolute Gasteiger partial charge is 0.373 e. The van der Waals surface area contributed by atoms with Crippen molar-refractivity contribution in [2.24, 2.45) is 0 Å². The molecule has 4 heteroatoms. The highest BCUT2D eigenvalue weighted by molar-refractivity contribution is 6.31. The zero-order valence-electron chi connectivity index (χ0n) is 10.6. The first-order valence-electron chi connectivity index (χ1n) is 6.25. The van der Waals surface area contributed by atoms with Crippen molar-refractivity contribution in [3.05, 3.63) is 89.0 Å². The summed E-state index contributed by atoms with van der Waals surface area (Å²) in [4.78, 5) is 7.20. The summed E-state index contributed by atoms with van der Waals surface area (Å²) in [5.41, 5.74) is -0.0887. The highest BCUT2D eigenvalue weighted by Gasteiger charge is 2.37. The second-order valence-corrected chi connectivity index (χ2v) is 4.90. The van der Waals surface area contributed by atoms with Gasteiger partial charge in [-0.15, -0.1) is 0 Å². The summed E-state index contributed by atoms with van der Waals surface area (Å²) in [6.45, 7) is 0. The monoisotopic (exact) mass is 284 g/mol. The van der Waals surface area contributed by atoms with Crippen LogP contribution in [0.2, 0.25) is 5.02 Å². The number of hydrogen-bond acceptors (Lipinski definition) is 2. The van der Waals surface area contributed by atoms with E-state index in [9.17, 15) is 5.11 Å². The maximum absolute atomic E-state index is 11.3. The lowest BCUT2D eigenvalue weighted by atomic mass is 9.85. The molecule has 1 aromatic heterocycles. The van der Waals surface area contributed by atoms with Crippen LogP contribution in [-0.2, 0) is 5.60 Å². The second-order valence-electron chi connectivity index (χ2n) is 4.49. The Morgan fingerprint density at radius 1 is 1.00 bits per heavy atom. The fourth-order valence-electron chi connectivity index (χ4n) is 2.32. The van der Waals surface area contributed by atoms with Gasteiger partial charge in [-0.1, -0.05) is 60.1 Å². The van der Waals surface area contributed by atoms with E-state index in [1.165, 1.54) is 0 Å². The number of aromatic amines is 1. The van der Waals surface area contributed by atoms with E-state index in [1.807, 2.05) is 42.5 Å². The van der Waals surface area contributed by atoms with Gasteiger partial charge in [0.15, 0.2) is 5.60 Å². The van der Waals surface area contributed by atoms with Crippen LogP contribution in [0.5, 0.6) is 0 Å². The van der Waals surface area contributed by atoms with E-state index in [-0.39, 0.29) is 0 Å².